The van der Waals surface area contributed by atoms with Crippen LogP contribution in [0, 0.1) is 10.1 Å². The van der Waals surface area contributed by atoms with Gasteiger partial charge < -0.3 is 20.0 Å². The Morgan fingerprint density at radius 3 is 2.59 bits per heavy atom. The smallest absolute Gasteiger partial charge is 0.463 e. The van der Waals surface area contributed by atoms with Crippen molar-refractivity contribution in [3.63, 3.8) is 0 Å². The molecule has 0 aliphatic rings. The third kappa shape index (κ3) is 3.53. The molecule has 1 heterocycles. The van der Waals surface area contributed by atoms with Crippen LogP contribution in [-0.2, 0) is 14.4 Å². The predicted molar refractivity (Wildman–Crippen MR) is 68.3 cm³/mol. The number of nitrogens with zero attached hydrogens (tertiary/aromatic N) is 5. The van der Waals surface area contributed by atoms with E-state index >= 15 is 0 Å². The first-order valence-corrected chi connectivity index (χ1v) is 6.18. The van der Waals surface area contributed by atoms with Gasteiger partial charge in [0.2, 0.25) is 0 Å². The first-order valence-electron chi connectivity index (χ1n) is 6.18. The molecule has 22 heavy (non-hydrogen) atoms. The van der Waals surface area contributed by atoms with Crippen LogP contribution in [0.4, 0.5) is 5.95 Å². The largest absolute Gasteiger partial charge is 0.491 e. The second kappa shape index (κ2) is 7.42. The lowest BCUT2D eigenvalue weighted by molar-refractivity contribution is -0.394. The number of hydrogen-bond donors (Lipinski definition) is 1. The van der Waals surface area contributed by atoms with Crippen molar-refractivity contribution in [2.75, 3.05) is 20.3 Å². The van der Waals surface area contributed by atoms with Crippen molar-refractivity contribution in [2.24, 2.45) is 0 Å². The van der Waals surface area contributed by atoms with Crippen LogP contribution in [0.25, 0.3) is 0 Å². The van der Waals surface area contributed by atoms with Crippen LogP contribution in [0.2, 0.25) is 0 Å². The van der Waals surface area contributed by atoms with Crippen molar-refractivity contribution in [2.45, 2.75) is 20.1 Å². The normalized spacial score (nSPS) is 11.8. The van der Waals surface area contributed by atoms with E-state index in [4.69, 9.17) is 4.84 Å². The Kier molecular flexibility index (Phi) is 5.89. The molecule has 1 aromatic heterocycles. The van der Waals surface area contributed by atoms with Gasteiger partial charge in [0.1, 0.15) is 0 Å². The summed E-state index contributed by atoms with van der Waals surface area (Å²) in [5, 5.41) is 24.7. The van der Waals surface area contributed by atoms with Crippen molar-refractivity contribution in [1.29, 1.82) is 0 Å². The summed E-state index contributed by atoms with van der Waals surface area (Å²) in [5.74, 6) is -3.61. The molecule has 122 valence electrons. The highest BCUT2D eigenvalue weighted by Gasteiger charge is 2.36. The van der Waals surface area contributed by atoms with Crippen molar-refractivity contribution in [3.05, 3.63) is 15.9 Å². The molecular formula is C10H15N5O7. The number of hydrogen-bond acceptors (Lipinski definition) is 9. The minimum Gasteiger partial charge on any atom is -0.463 e. The predicted octanol–water partition coefficient (Wildman–Crippen LogP) is -0.736. The van der Waals surface area contributed by atoms with Crippen molar-refractivity contribution < 1.29 is 29.2 Å². The first kappa shape index (κ1) is 17.5. The van der Waals surface area contributed by atoms with Crippen LogP contribution in [0.5, 0.6) is 0 Å². The van der Waals surface area contributed by atoms with E-state index in [9.17, 15) is 24.8 Å². The van der Waals surface area contributed by atoms with Gasteiger partial charge in [-0.1, -0.05) is 0 Å². The van der Waals surface area contributed by atoms with Gasteiger partial charge in [0.25, 0.3) is 6.23 Å². The quantitative estimate of drug-likeness (QED) is 0.389. The summed E-state index contributed by atoms with van der Waals surface area (Å²) in [6, 6.07) is 0. The van der Waals surface area contributed by atoms with Crippen LogP contribution < -0.4 is 0 Å². The van der Waals surface area contributed by atoms with Gasteiger partial charge in [0.05, 0.1) is 13.7 Å². The molecule has 1 rings (SSSR count). The number of hydroxylamine groups is 2. The van der Waals surface area contributed by atoms with Gasteiger partial charge in [-0.05, 0) is 23.8 Å². The molecule has 0 bridgehead atoms. The maximum Gasteiger partial charge on any atom is 0.491 e. The van der Waals surface area contributed by atoms with E-state index < -0.39 is 34.8 Å². The number of aromatic nitrogens is 3. The highest BCUT2D eigenvalue weighted by Crippen LogP contribution is 2.14. The van der Waals surface area contributed by atoms with Gasteiger partial charge in [-0.25, -0.2) is 9.86 Å². The molecule has 0 aromatic carbocycles. The molecule has 1 N–H and O–H groups in total. The second-order valence-corrected chi connectivity index (χ2v) is 3.75. The van der Waals surface area contributed by atoms with Crippen molar-refractivity contribution >= 4 is 17.8 Å². The molecule has 0 radical (unpaired) electrons. The molecule has 0 fully saturated rings. The molecule has 12 nitrogen and oxygen atoms in total. The molecule has 1 atom stereocenters. The molecule has 0 spiro atoms. The zero-order valence-electron chi connectivity index (χ0n) is 12.1. The van der Waals surface area contributed by atoms with Gasteiger partial charge in [-0.2, -0.15) is 0 Å². The highest BCUT2D eigenvalue weighted by molar-refractivity contribution is 5.90. The molecule has 0 aliphatic carbocycles. The lowest BCUT2D eigenvalue weighted by Gasteiger charge is -2.16. The molecule has 0 saturated heterocycles. The number of aliphatic hydroxyl groups excluding tert-OH is 1. The Hall–Kier alpha value is -2.60. The average molecular weight is 317 g/mol. The summed E-state index contributed by atoms with van der Waals surface area (Å²) in [6.07, 6.45) is -2.05. The number of esters is 1. The minimum atomic E-state index is -2.05. The van der Waals surface area contributed by atoms with Gasteiger partial charge in [-0.15, -0.1) is 4.68 Å². The third-order valence-electron chi connectivity index (χ3n) is 2.44. The summed E-state index contributed by atoms with van der Waals surface area (Å²) in [6.45, 7) is 3.16. The number of carbonyl (C=O) groups excluding carboxylic acids is 2. The van der Waals surface area contributed by atoms with E-state index in [0.717, 1.165) is 5.06 Å². The maximum absolute atomic E-state index is 12.1. The lowest BCUT2D eigenvalue weighted by atomic mass is 10.4. The molecule has 1 aromatic rings. The lowest BCUT2D eigenvalue weighted by Crippen LogP contribution is -2.34. The SMILES string of the molecule is CCOC(=O)C(O)n1nc([N+](=O)[O-])nc1C(=O)N(CC)OC. The molecule has 0 saturated carbocycles. The van der Waals surface area contributed by atoms with Crippen LogP contribution in [-0.4, -0.2) is 62.0 Å². The summed E-state index contributed by atoms with van der Waals surface area (Å²) in [7, 11) is 1.21. The van der Waals surface area contributed by atoms with E-state index in [1.54, 1.807) is 6.92 Å². The Balaban J connectivity index is 3.28. The fourth-order valence-corrected chi connectivity index (χ4v) is 1.49. The summed E-state index contributed by atoms with van der Waals surface area (Å²) in [4.78, 5) is 41.6. The van der Waals surface area contributed by atoms with E-state index in [0.29, 0.717) is 4.68 Å². The number of ether oxygens (including phenoxy) is 1. The van der Waals surface area contributed by atoms with Crippen LogP contribution in [0.3, 0.4) is 0 Å². The second-order valence-electron chi connectivity index (χ2n) is 3.75. The molecular weight excluding hydrogens is 302 g/mol. The topological polar surface area (TPSA) is 150 Å². The Morgan fingerprint density at radius 1 is 1.50 bits per heavy atom. The van der Waals surface area contributed by atoms with Crippen LogP contribution in [0.1, 0.15) is 30.7 Å². The monoisotopic (exact) mass is 317 g/mol. The van der Waals surface area contributed by atoms with E-state index in [1.807, 2.05) is 0 Å². The third-order valence-corrected chi connectivity index (χ3v) is 2.44. The van der Waals surface area contributed by atoms with E-state index in [-0.39, 0.29) is 13.2 Å². The average Bonchev–Trinajstić information content (AvgIpc) is 2.93. The van der Waals surface area contributed by atoms with Gasteiger partial charge in [-0.3, -0.25) is 9.63 Å². The number of carbonyl (C=O) groups is 2. The van der Waals surface area contributed by atoms with E-state index in [2.05, 4.69) is 14.8 Å². The molecule has 0 aliphatic heterocycles. The Labute approximate surface area is 124 Å². The van der Waals surface area contributed by atoms with Crippen LogP contribution in [0.15, 0.2) is 0 Å². The van der Waals surface area contributed by atoms with Crippen molar-refractivity contribution in [3.8, 4) is 0 Å². The summed E-state index contributed by atoms with van der Waals surface area (Å²) < 4.78 is 4.99. The van der Waals surface area contributed by atoms with E-state index in [1.165, 1.54) is 14.0 Å². The number of rotatable bonds is 7. The van der Waals surface area contributed by atoms with Gasteiger partial charge in [0, 0.05) is 11.6 Å². The Morgan fingerprint density at radius 2 is 2.14 bits per heavy atom. The molecule has 1 unspecified atom stereocenters. The van der Waals surface area contributed by atoms with Gasteiger partial charge >= 0.3 is 23.6 Å². The number of amides is 1. The number of nitro groups is 1. The zero-order chi connectivity index (χ0) is 16.9. The van der Waals surface area contributed by atoms with Crippen molar-refractivity contribution in [1.82, 2.24) is 19.8 Å². The molecule has 1 amide bonds. The zero-order valence-corrected chi connectivity index (χ0v) is 12.1. The highest BCUT2D eigenvalue weighted by atomic mass is 16.7. The fraction of sp³-hybridized carbons (Fsp3) is 0.600. The standard InChI is InChI=1S/C10H15N5O7/c1-4-13(21-3)7(16)6-11-10(15(19)20)12-14(6)8(17)9(18)22-5-2/h8,17H,4-5H2,1-3H3. The fourth-order valence-electron chi connectivity index (χ4n) is 1.49. The molecule has 12 heteroatoms. The number of aliphatic hydroxyl groups is 1. The van der Waals surface area contributed by atoms with Crippen LogP contribution >= 0.6 is 0 Å². The minimum absolute atomic E-state index is 0.0326. The maximum atomic E-state index is 12.1. The summed E-state index contributed by atoms with van der Waals surface area (Å²) >= 11 is 0. The Bertz CT molecular complexity index is 568. The summed E-state index contributed by atoms with van der Waals surface area (Å²) in [5.41, 5.74) is 0. The van der Waals surface area contributed by atoms with Gasteiger partial charge in [0.15, 0.2) is 0 Å². The first-order chi connectivity index (χ1) is 10.4.